The highest BCUT2D eigenvalue weighted by molar-refractivity contribution is 5.78. The van der Waals surface area contributed by atoms with Crippen LogP contribution in [0.5, 0.6) is 0 Å². The smallest absolute Gasteiger partial charge is 0.323 e. The average molecular weight is 298 g/mol. The zero-order chi connectivity index (χ0) is 15.7. The van der Waals surface area contributed by atoms with Crippen molar-refractivity contribution in [2.24, 2.45) is 5.92 Å². The Hall–Kier alpha value is -0.610. The topological polar surface area (TPSA) is 52.6 Å². The van der Waals surface area contributed by atoms with E-state index in [1.807, 2.05) is 6.92 Å². The predicted molar refractivity (Wildman–Crippen MR) is 87.6 cm³/mol. The van der Waals surface area contributed by atoms with Crippen LogP contribution >= 0.6 is 0 Å². The number of rotatable bonds is 11. The van der Waals surface area contributed by atoms with Crippen LogP contribution in [-0.2, 0) is 4.79 Å². The summed E-state index contributed by atoms with van der Waals surface area (Å²) in [7, 11) is 0. The van der Waals surface area contributed by atoms with Gasteiger partial charge in [0.25, 0.3) is 0 Å². The summed E-state index contributed by atoms with van der Waals surface area (Å²) < 4.78 is 0. The van der Waals surface area contributed by atoms with Crippen molar-refractivity contribution in [2.75, 3.05) is 26.2 Å². The molecule has 0 aromatic heterocycles. The summed E-state index contributed by atoms with van der Waals surface area (Å²) in [6.07, 6.45) is 7.25. The molecule has 21 heavy (non-hydrogen) atoms. The molecule has 0 aromatic rings. The highest BCUT2D eigenvalue weighted by atomic mass is 16.4. The molecule has 124 valence electrons. The van der Waals surface area contributed by atoms with E-state index in [2.05, 4.69) is 24.1 Å². The van der Waals surface area contributed by atoms with Crippen molar-refractivity contribution < 1.29 is 9.90 Å². The maximum atomic E-state index is 11.6. The van der Waals surface area contributed by atoms with Gasteiger partial charge in [0.15, 0.2) is 0 Å². The number of aliphatic carboxylic acids is 1. The lowest BCUT2D eigenvalue weighted by Gasteiger charge is -2.30. The highest BCUT2D eigenvalue weighted by Gasteiger charge is 2.35. The summed E-state index contributed by atoms with van der Waals surface area (Å²) >= 11 is 0. The van der Waals surface area contributed by atoms with Crippen LogP contribution in [0, 0.1) is 5.92 Å². The van der Waals surface area contributed by atoms with Crippen molar-refractivity contribution in [2.45, 2.75) is 71.3 Å². The molecule has 2 N–H and O–H groups in total. The van der Waals surface area contributed by atoms with E-state index < -0.39 is 11.5 Å². The lowest BCUT2D eigenvalue weighted by atomic mass is 9.90. The Morgan fingerprint density at radius 2 is 2.10 bits per heavy atom. The SMILES string of the molecule is CCCNC(CC)(CCCN1CCC(CCC)C1)C(=O)O. The zero-order valence-electron chi connectivity index (χ0n) is 14.2. The average Bonchev–Trinajstić information content (AvgIpc) is 2.90. The minimum absolute atomic E-state index is 0.654. The van der Waals surface area contributed by atoms with Gasteiger partial charge in [-0.15, -0.1) is 0 Å². The molecule has 0 spiro atoms. The molecule has 4 nitrogen and oxygen atoms in total. The van der Waals surface area contributed by atoms with Gasteiger partial charge >= 0.3 is 5.97 Å². The first kappa shape index (κ1) is 18.4. The van der Waals surface area contributed by atoms with Crippen molar-refractivity contribution >= 4 is 5.97 Å². The third kappa shape index (κ3) is 5.59. The molecule has 1 fully saturated rings. The fourth-order valence-electron chi connectivity index (χ4n) is 3.45. The first-order valence-electron chi connectivity index (χ1n) is 8.78. The number of carbonyl (C=O) groups is 1. The normalized spacial score (nSPS) is 22.3. The summed E-state index contributed by atoms with van der Waals surface area (Å²) in [5, 5.41) is 12.8. The molecule has 1 rings (SSSR count). The quantitative estimate of drug-likeness (QED) is 0.615. The summed E-state index contributed by atoms with van der Waals surface area (Å²) in [4.78, 5) is 14.2. The van der Waals surface area contributed by atoms with E-state index in [1.54, 1.807) is 0 Å². The Morgan fingerprint density at radius 1 is 1.33 bits per heavy atom. The third-order valence-corrected chi connectivity index (χ3v) is 4.87. The fourth-order valence-corrected chi connectivity index (χ4v) is 3.45. The van der Waals surface area contributed by atoms with E-state index in [1.165, 1.54) is 32.4 Å². The Bertz CT molecular complexity index is 309. The summed E-state index contributed by atoms with van der Waals surface area (Å²) in [5.41, 5.74) is -0.724. The lowest BCUT2D eigenvalue weighted by molar-refractivity contribution is -0.145. The monoisotopic (exact) mass is 298 g/mol. The van der Waals surface area contributed by atoms with Gasteiger partial charge in [0.1, 0.15) is 5.54 Å². The molecular formula is C17H34N2O2. The van der Waals surface area contributed by atoms with Crippen molar-refractivity contribution in [3.8, 4) is 0 Å². The third-order valence-electron chi connectivity index (χ3n) is 4.87. The van der Waals surface area contributed by atoms with Gasteiger partial charge in [-0.05, 0) is 64.1 Å². The predicted octanol–water partition coefficient (Wildman–Crippen LogP) is 3.12. The molecule has 2 unspecified atom stereocenters. The van der Waals surface area contributed by atoms with Gasteiger partial charge < -0.3 is 15.3 Å². The molecule has 1 aliphatic rings. The number of carboxylic acids is 1. The minimum atomic E-state index is -0.724. The maximum absolute atomic E-state index is 11.6. The van der Waals surface area contributed by atoms with E-state index in [-0.39, 0.29) is 0 Å². The second-order valence-electron chi connectivity index (χ2n) is 6.52. The van der Waals surface area contributed by atoms with Crippen LogP contribution in [0.2, 0.25) is 0 Å². The first-order chi connectivity index (χ1) is 10.1. The van der Waals surface area contributed by atoms with Gasteiger partial charge in [-0.25, -0.2) is 0 Å². The Balaban J connectivity index is 2.38. The standard InChI is InChI=1S/C17H34N2O2/c1-4-8-15-9-13-19(14-15)12-7-10-17(6-3,16(20)21)18-11-5-2/h15,18H,4-14H2,1-3H3,(H,20,21). The molecule has 0 radical (unpaired) electrons. The van der Waals surface area contributed by atoms with Crippen LogP contribution in [0.3, 0.4) is 0 Å². The number of hydrogen-bond acceptors (Lipinski definition) is 3. The Morgan fingerprint density at radius 3 is 2.67 bits per heavy atom. The molecule has 2 atom stereocenters. The first-order valence-corrected chi connectivity index (χ1v) is 8.78. The van der Waals surface area contributed by atoms with Gasteiger partial charge in [0.2, 0.25) is 0 Å². The Labute approximate surface area is 130 Å². The van der Waals surface area contributed by atoms with Gasteiger partial charge in [0.05, 0.1) is 0 Å². The van der Waals surface area contributed by atoms with Crippen molar-refractivity contribution in [1.29, 1.82) is 0 Å². The van der Waals surface area contributed by atoms with E-state index in [0.717, 1.165) is 38.3 Å². The number of nitrogens with one attached hydrogen (secondary N) is 1. The van der Waals surface area contributed by atoms with Gasteiger partial charge in [-0.3, -0.25) is 4.79 Å². The van der Waals surface area contributed by atoms with E-state index in [0.29, 0.717) is 6.42 Å². The molecule has 0 aliphatic carbocycles. The highest BCUT2D eigenvalue weighted by Crippen LogP contribution is 2.23. The number of carboxylic acid groups (broad SMARTS) is 1. The number of hydrogen-bond donors (Lipinski definition) is 2. The van der Waals surface area contributed by atoms with Crippen LogP contribution in [0.25, 0.3) is 0 Å². The van der Waals surface area contributed by atoms with E-state index in [4.69, 9.17) is 0 Å². The van der Waals surface area contributed by atoms with Crippen molar-refractivity contribution in [1.82, 2.24) is 10.2 Å². The van der Waals surface area contributed by atoms with Crippen LogP contribution in [0.4, 0.5) is 0 Å². The molecule has 0 amide bonds. The second kappa shape index (κ2) is 9.42. The zero-order valence-corrected chi connectivity index (χ0v) is 14.2. The molecular weight excluding hydrogens is 264 g/mol. The van der Waals surface area contributed by atoms with Crippen LogP contribution < -0.4 is 5.32 Å². The molecule has 1 aliphatic heterocycles. The molecule has 1 heterocycles. The van der Waals surface area contributed by atoms with Crippen molar-refractivity contribution in [3.05, 3.63) is 0 Å². The Kier molecular flexibility index (Phi) is 8.27. The summed E-state index contributed by atoms with van der Waals surface area (Å²) in [6.45, 7) is 10.5. The minimum Gasteiger partial charge on any atom is -0.480 e. The van der Waals surface area contributed by atoms with Gasteiger partial charge in [0, 0.05) is 6.54 Å². The van der Waals surface area contributed by atoms with E-state index >= 15 is 0 Å². The second-order valence-corrected chi connectivity index (χ2v) is 6.52. The number of nitrogens with zero attached hydrogens (tertiary/aromatic N) is 1. The number of likely N-dealkylation sites (tertiary alicyclic amines) is 1. The summed E-state index contributed by atoms with van der Waals surface area (Å²) in [6, 6.07) is 0. The van der Waals surface area contributed by atoms with Crippen LogP contribution in [0.1, 0.15) is 65.7 Å². The molecule has 0 saturated carbocycles. The van der Waals surface area contributed by atoms with Crippen LogP contribution in [0.15, 0.2) is 0 Å². The molecule has 0 bridgehead atoms. The van der Waals surface area contributed by atoms with Gasteiger partial charge in [-0.2, -0.15) is 0 Å². The fraction of sp³-hybridized carbons (Fsp3) is 0.941. The van der Waals surface area contributed by atoms with Crippen molar-refractivity contribution in [3.63, 3.8) is 0 Å². The van der Waals surface area contributed by atoms with E-state index in [9.17, 15) is 9.90 Å². The molecule has 1 saturated heterocycles. The summed E-state index contributed by atoms with van der Waals surface area (Å²) in [5.74, 6) is 0.173. The maximum Gasteiger partial charge on any atom is 0.323 e. The van der Waals surface area contributed by atoms with Gasteiger partial charge in [-0.1, -0.05) is 27.2 Å². The molecule has 0 aromatic carbocycles. The largest absolute Gasteiger partial charge is 0.480 e. The molecule has 4 heteroatoms. The van der Waals surface area contributed by atoms with Crippen LogP contribution in [-0.4, -0.2) is 47.7 Å². The lowest BCUT2D eigenvalue weighted by Crippen LogP contribution is -2.52.